The predicted octanol–water partition coefficient (Wildman–Crippen LogP) is 5.36. The molecule has 0 fully saturated rings. The largest absolute Gasteiger partial charge is 0.354 e. The zero-order valence-corrected chi connectivity index (χ0v) is 20.0. The Morgan fingerprint density at radius 2 is 1.52 bits per heavy atom. The highest BCUT2D eigenvalue weighted by Gasteiger charge is 2.30. The van der Waals surface area contributed by atoms with Crippen LogP contribution in [0, 0.1) is 6.92 Å². The van der Waals surface area contributed by atoms with Crippen LogP contribution in [0.1, 0.15) is 35.6 Å². The molecule has 1 N–H and O–H groups in total. The smallest absolute Gasteiger partial charge is 0.243 e. The van der Waals surface area contributed by atoms with E-state index in [0.29, 0.717) is 24.5 Å². The summed E-state index contributed by atoms with van der Waals surface area (Å²) in [6.07, 6.45) is 1.49. The number of hydrogen-bond acceptors (Lipinski definition) is 2. The summed E-state index contributed by atoms with van der Waals surface area (Å²) in [5.74, 6) is -0.220. The van der Waals surface area contributed by atoms with Gasteiger partial charge in [0, 0.05) is 24.5 Å². The average molecular weight is 463 g/mol. The summed E-state index contributed by atoms with van der Waals surface area (Å²) in [5, 5.41) is 3.63. The van der Waals surface area contributed by atoms with Crippen molar-refractivity contribution in [1.82, 2.24) is 10.2 Å². The first-order valence-corrected chi connectivity index (χ1v) is 11.7. The standard InChI is InChI=1S/C28H31ClN2O2/c1-3-17-30-28(33)26(18-22-7-5-4-6-8-22)31(20-24-11-9-21(2)10-12-24)27(32)19-23-13-15-25(29)16-14-23/h4-16,26H,3,17-20H2,1-2H3,(H,30,33)/t26-/m1/s1. The van der Waals surface area contributed by atoms with E-state index in [0.717, 1.165) is 28.7 Å². The summed E-state index contributed by atoms with van der Waals surface area (Å²) in [5.41, 5.74) is 4.03. The van der Waals surface area contributed by atoms with Crippen LogP contribution >= 0.6 is 11.6 Å². The molecule has 0 saturated carbocycles. The monoisotopic (exact) mass is 462 g/mol. The molecule has 0 saturated heterocycles. The van der Waals surface area contributed by atoms with Crippen LogP contribution in [-0.4, -0.2) is 29.3 Å². The highest BCUT2D eigenvalue weighted by molar-refractivity contribution is 6.30. The molecule has 0 aliphatic carbocycles. The van der Waals surface area contributed by atoms with Gasteiger partial charge in [0.15, 0.2) is 0 Å². The van der Waals surface area contributed by atoms with Crippen molar-refractivity contribution in [2.24, 2.45) is 0 Å². The van der Waals surface area contributed by atoms with Crippen molar-refractivity contribution in [3.05, 3.63) is 106 Å². The fourth-order valence-corrected chi connectivity index (χ4v) is 3.81. The molecule has 1 atom stereocenters. The third-order valence-corrected chi connectivity index (χ3v) is 5.81. The van der Waals surface area contributed by atoms with Crippen molar-refractivity contribution >= 4 is 23.4 Å². The maximum absolute atomic E-state index is 13.6. The van der Waals surface area contributed by atoms with E-state index < -0.39 is 6.04 Å². The van der Waals surface area contributed by atoms with Crippen LogP contribution in [0.25, 0.3) is 0 Å². The van der Waals surface area contributed by atoms with Crippen LogP contribution < -0.4 is 5.32 Å². The average Bonchev–Trinajstić information content (AvgIpc) is 2.83. The van der Waals surface area contributed by atoms with Crippen LogP contribution in [0.4, 0.5) is 0 Å². The van der Waals surface area contributed by atoms with E-state index in [-0.39, 0.29) is 18.2 Å². The number of nitrogens with one attached hydrogen (secondary N) is 1. The highest BCUT2D eigenvalue weighted by Crippen LogP contribution is 2.18. The number of halogens is 1. The van der Waals surface area contributed by atoms with Gasteiger partial charge in [0.1, 0.15) is 6.04 Å². The molecule has 0 heterocycles. The molecule has 5 heteroatoms. The molecule has 3 rings (SSSR count). The third-order valence-electron chi connectivity index (χ3n) is 5.56. The number of nitrogens with zero attached hydrogens (tertiary/aromatic N) is 1. The molecule has 3 aromatic carbocycles. The topological polar surface area (TPSA) is 49.4 Å². The lowest BCUT2D eigenvalue weighted by molar-refractivity contribution is -0.140. The highest BCUT2D eigenvalue weighted by atomic mass is 35.5. The third kappa shape index (κ3) is 7.47. The van der Waals surface area contributed by atoms with Gasteiger partial charge in [-0.05, 0) is 42.2 Å². The van der Waals surface area contributed by atoms with Crippen LogP contribution in [0.2, 0.25) is 5.02 Å². The van der Waals surface area contributed by atoms with E-state index in [4.69, 9.17) is 11.6 Å². The molecule has 0 radical (unpaired) electrons. The summed E-state index contributed by atoms with van der Waals surface area (Å²) in [4.78, 5) is 28.6. The maximum Gasteiger partial charge on any atom is 0.243 e. The van der Waals surface area contributed by atoms with Gasteiger partial charge in [-0.15, -0.1) is 0 Å². The lowest BCUT2D eigenvalue weighted by atomic mass is 10.0. The Morgan fingerprint density at radius 1 is 0.879 bits per heavy atom. The van der Waals surface area contributed by atoms with Gasteiger partial charge in [-0.25, -0.2) is 0 Å². The minimum atomic E-state index is -0.611. The van der Waals surface area contributed by atoms with E-state index in [9.17, 15) is 9.59 Å². The Kier molecular flexibility index (Phi) is 9.08. The van der Waals surface area contributed by atoms with Crippen molar-refractivity contribution in [3.63, 3.8) is 0 Å². The van der Waals surface area contributed by atoms with Gasteiger partial charge in [0.25, 0.3) is 0 Å². The fourth-order valence-electron chi connectivity index (χ4n) is 3.69. The second-order valence-corrected chi connectivity index (χ2v) is 8.74. The number of rotatable bonds is 10. The molecule has 33 heavy (non-hydrogen) atoms. The zero-order valence-electron chi connectivity index (χ0n) is 19.3. The number of aryl methyl sites for hydroxylation is 1. The second kappa shape index (κ2) is 12.2. The maximum atomic E-state index is 13.6. The second-order valence-electron chi connectivity index (χ2n) is 8.31. The molecule has 0 bridgehead atoms. The lowest BCUT2D eigenvalue weighted by Crippen LogP contribution is -2.51. The van der Waals surface area contributed by atoms with Crippen LogP contribution in [0.15, 0.2) is 78.9 Å². The van der Waals surface area contributed by atoms with Gasteiger partial charge in [-0.1, -0.05) is 90.8 Å². The molecular formula is C28H31ClN2O2. The molecule has 0 aliphatic rings. The number of carbonyl (C=O) groups excluding carboxylic acids is 2. The first-order chi connectivity index (χ1) is 16.0. The number of hydrogen-bond donors (Lipinski definition) is 1. The van der Waals surface area contributed by atoms with E-state index in [1.165, 1.54) is 0 Å². The van der Waals surface area contributed by atoms with Gasteiger partial charge >= 0.3 is 0 Å². The molecule has 2 amide bonds. The molecule has 0 aromatic heterocycles. The first kappa shape index (κ1) is 24.5. The first-order valence-electron chi connectivity index (χ1n) is 11.4. The van der Waals surface area contributed by atoms with E-state index in [1.807, 2.05) is 80.6 Å². The van der Waals surface area contributed by atoms with Gasteiger partial charge in [0.2, 0.25) is 11.8 Å². The summed E-state index contributed by atoms with van der Waals surface area (Å²) >= 11 is 6.01. The predicted molar refractivity (Wildman–Crippen MR) is 134 cm³/mol. The molecule has 0 spiro atoms. The van der Waals surface area contributed by atoms with Gasteiger partial charge in [-0.2, -0.15) is 0 Å². The Hall–Kier alpha value is -3.11. The van der Waals surface area contributed by atoms with Gasteiger partial charge in [-0.3, -0.25) is 9.59 Å². The van der Waals surface area contributed by atoms with Crippen molar-refractivity contribution in [2.45, 2.75) is 45.7 Å². The van der Waals surface area contributed by atoms with E-state index >= 15 is 0 Å². The van der Waals surface area contributed by atoms with E-state index in [2.05, 4.69) is 5.32 Å². The minimum Gasteiger partial charge on any atom is -0.354 e. The van der Waals surface area contributed by atoms with Crippen molar-refractivity contribution in [3.8, 4) is 0 Å². The summed E-state index contributed by atoms with van der Waals surface area (Å²) in [6.45, 7) is 4.99. The molecule has 4 nitrogen and oxygen atoms in total. The van der Waals surface area contributed by atoms with Crippen molar-refractivity contribution in [1.29, 1.82) is 0 Å². The molecule has 172 valence electrons. The Labute approximate surface area is 201 Å². The van der Waals surface area contributed by atoms with Crippen molar-refractivity contribution < 1.29 is 9.59 Å². The zero-order chi connectivity index (χ0) is 23.6. The van der Waals surface area contributed by atoms with E-state index in [1.54, 1.807) is 17.0 Å². The molecular weight excluding hydrogens is 432 g/mol. The molecule has 0 unspecified atom stereocenters. The summed E-state index contributed by atoms with van der Waals surface area (Å²) < 4.78 is 0. The van der Waals surface area contributed by atoms with Crippen LogP contribution in [0.5, 0.6) is 0 Å². The number of benzene rings is 3. The number of amides is 2. The van der Waals surface area contributed by atoms with Crippen LogP contribution in [0.3, 0.4) is 0 Å². The Bertz CT molecular complexity index is 1030. The van der Waals surface area contributed by atoms with Crippen LogP contribution in [-0.2, 0) is 29.0 Å². The SMILES string of the molecule is CCCNC(=O)[C@@H](Cc1ccccc1)N(Cc1ccc(C)cc1)C(=O)Cc1ccc(Cl)cc1. The fraction of sp³-hybridized carbons (Fsp3) is 0.286. The Morgan fingerprint density at radius 3 is 2.15 bits per heavy atom. The summed E-state index contributed by atoms with van der Waals surface area (Å²) in [6, 6.07) is 24.6. The normalized spacial score (nSPS) is 11.6. The molecule has 3 aromatic rings. The Balaban J connectivity index is 1.93. The van der Waals surface area contributed by atoms with Gasteiger partial charge < -0.3 is 10.2 Å². The number of carbonyl (C=O) groups is 2. The van der Waals surface area contributed by atoms with Crippen molar-refractivity contribution in [2.75, 3.05) is 6.54 Å². The quantitative estimate of drug-likeness (QED) is 0.441. The lowest BCUT2D eigenvalue weighted by Gasteiger charge is -2.31. The van der Waals surface area contributed by atoms with Gasteiger partial charge in [0.05, 0.1) is 6.42 Å². The molecule has 0 aliphatic heterocycles. The summed E-state index contributed by atoms with van der Waals surface area (Å²) in [7, 11) is 0. The minimum absolute atomic E-state index is 0.0922.